The summed E-state index contributed by atoms with van der Waals surface area (Å²) in [5, 5.41) is 13.1. The van der Waals surface area contributed by atoms with Gasteiger partial charge >= 0.3 is 0 Å². The molecule has 1 rings (SSSR count). The normalized spacial score (nSPS) is 11.5. The third-order valence-electron chi connectivity index (χ3n) is 2.62. The Morgan fingerprint density at radius 1 is 1.53 bits per heavy atom. The molecule has 4 nitrogen and oxygen atoms in total. The van der Waals surface area contributed by atoms with E-state index in [0.717, 1.165) is 18.6 Å². The molecule has 0 atom stereocenters. The number of rotatable bonds is 6. The molecule has 0 fully saturated rings. The summed E-state index contributed by atoms with van der Waals surface area (Å²) in [4.78, 5) is 0. The highest BCUT2D eigenvalue weighted by Crippen LogP contribution is 2.21. The van der Waals surface area contributed by atoms with E-state index in [1.807, 2.05) is 24.7 Å². The van der Waals surface area contributed by atoms with Crippen LogP contribution in [0, 0.1) is 16.7 Å². The van der Waals surface area contributed by atoms with E-state index in [-0.39, 0.29) is 5.41 Å². The van der Waals surface area contributed by atoms with Gasteiger partial charge in [-0.2, -0.15) is 10.4 Å². The second-order valence-electron chi connectivity index (χ2n) is 5.20. The van der Waals surface area contributed by atoms with Gasteiger partial charge in [0.15, 0.2) is 5.75 Å². The van der Waals surface area contributed by atoms with E-state index >= 15 is 0 Å². The lowest BCUT2D eigenvalue weighted by atomic mass is 9.90. The zero-order valence-corrected chi connectivity index (χ0v) is 11.1. The molecule has 0 spiro atoms. The zero-order valence-electron chi connectivity index (χ0n) is 11.1. The average molecular weight is 235 g/mol. The highest BCUT2D eigenvalue weighted by atomic mass is 16.5. The van der Waals surface area contributed by atoms with Gasteiger partial charge in [-0.25, -0.2) is 0 Å². The average Bonchev–Trinajstić information content (AvgIpc) is 2.73. The SMILES string of the molecule is CC(C)n1cc(OCCCC(C)(C)C#N)cn1. The predicted molar refractivity (Wildman–Crippen MR) is 66.7 cm³/mol. The lowest BCUT2D eigenvalue weighted by Crippen LogP contribution is -2.10. The fraction of sp³-hybridized carbons (Fsp3) is 0.692. The Bertz CT molecular complexity index is 388. The second kappa shape index (κ2) is 5.72. The predicted octanol–water partition coefficient (Wildman–Crippen LogP) is 3.17. The van der Waals surface area contributed by atoms with Gasteiger partial charge in [0.05, 0.1) is 30.5 Å². The lowest BCUT2D eigenvalue weighted by Gasteiger charge is -2.14. The number of nitriles is 1. The molecule has 0 saturated heterocycles. The third kappa shape index (κ3) is 4.48. The summed E-state index contributed by atoms with van der Waals surface area (Å²) in [6, 6.07) is 2.64. The molecule has 0 aliphatic rings. The van der Waals surface area contributed by atoms with E-state index in [1.165, 1.54) is 0 Å². The molecule has 0 unspecified atom stereocenters. The van der Waals surface area contributed by atoms with Crippen LogP contribution in [0.4, 0.5) is 0 Å². The number of nitrogens with zero attached hydrogens (tertiary/aromatic N) is 3. The van der Waals surface area contributed by atoms with Crippen molar-refractivity contribution in [2.75, 3.05) is 6.61 Å². The van der Waals surface area contributed by atoms with Crippen LogP contribution in [0.15, 0.2) is 12.4 Å². The minimum atomic E-state index is -0.258. The van der Waals surface area contributed by atoms with Crippen molar-refractivity contribution in [1.29, 1.82) is 5.26 Å². The van der Waals surface area contributed by atoms with Gasteiger partial charge in [0.2, 0.25) is 0 Å². The molecule has 1 heterocycles. The van der Waals surface area contributed by atoms with E-state index in [9.17, 15) is 0 Å². The molecule has 0 saturated carbocycles. The Kier molecular flexibility index (Phi) is 4.56. The summed E-state index contributed by atoms with van der Waals surface area (Å²) in [5.74, 6) is 0.800. The van der Waals surface area contributed by atoms with Crippen LogP contribution in [0.1, 0.15) is 46.6 Å². The van der Waals surface area contributed by atoms with Gasteiger partial charge in [-0.15, -0.1) is 0 Å². The monoisotopic (exact) mass is 235 g/mol. The summed E-state index contributed by atoms with van der Waals surface area (Å²) >= 11 is 0. The van der Waals surface area contributed by atoms with Crippen molar-refractivity contribution in [1.82, 2.24) is 9.78 Å². The first-order valence-corrected chi connectivity index (χ1v) is 6.03. The van der Waals surface area contributed by atoms with Gasteiger partial charge < -0.3 is 4.74 Å². The minimum Gasteiger partial charge on any atom is -0.490 e. The number of aromatic nitrogens is 2. The Morgan fingerprint density at radius 3 is 2.76 bits per heavy atom. The molecule has 0 radical (unpaired) electrons. The molecule has 0 bridgehead atoms. The van der Waals surface area contributed by atoms with Crippen molar-refractivity contribution >= 4 is 0 Å². The van der Waals surface area contributed by atoms with Crippen LogP contribution in [0.25, 0.3) is 0 Å². The van der Waals surface area contributed by atoms with E-state index in [2.05, 4.69) is 25.0 Å². The Balaban J connectivity index is 2.29. The van der Waals surface area contributed by atoms with Gasteiger partial charge in [-0.3, -0.25) is 4.68 Å². The first-order valence-electron chi connectivity index (χ1n) is 6.03. The van der Waals surface area contributed by atoms with Gasteiger partial charge in [0.1, 0.15) is 0 Å². The molecule has 4 heteroatoms. The first-order chi connectivity index (χ1) is 7.94. The van der Waals surface area contributed by atoms with Crippen LogP contribution in [-0.4, -0.2) is 16.4 Å². The topological polar surface area (TPSA) is 50.8 Å². The van der Waals surface area contributed by atoms with E-state index in [0.29, 0.717) is 12.6 Å². The van der Waals surface area contributed by atoms with Crippen LogP contribution >= 0.6 is 0 Å². The van der Waals surface area contributed by atoms with E-state index < -0.39 is 0 Å². The first kappa shape index (κ1) is 13.6. The Hall–Kier alpha value is -1.50. The molecular formula is C13H21N3O. The van der Waals surface area contributed by atoms with Crippen molar-refractivity contribution < 1.29 is 4.74 Å². The summed E-state index contributed by atoms with van der Waals surface area (Å²) in [6.45, 7) is 8.68. The maximum Gasteiger partial charge on any atom is 0.157 e. The maximum atomic E-state index is 8.87. The van der Waals surface area contributed by atoms with Crippen LogP contribution in [0.5, 0.6) is 5.75 Å². The molecule has 1 aromatic heterocycles. The largest absolute Gasteiger partial charge is 0.490 e. The summed E-state index contributed by atoms with van der Waals surface area (Å²) < 4.78 is 7.45. The van der Waals surface area contributed by atoms with Crippen LogP contribution in [-0.2, 0) is 0 Å². The number of hydrogen-bond acceptors (Lipinski definition) is 3. The molecule has 94 valence electrons. The lowest BCUT2D eigenvalue weighted by molar-refractivity contribution is 0.283. The molecule has 0 N–H and O–H groups in total. The van der Waals surface area contributed by atoms with Crippen LogP contribution in [0.3, 0.4) is 0 Å². The van der Waals surface area contributed by atoms with Crippen molar-refractivity contribution in [3.05, 3.63) is 12.4 Å². The van der Waals surface area contributed by atoms with Gasteiger partial charge in [-0.1, -0.05) is 0 Å². The van der Waals surface area contributed by atoms with Gasteiger partial charge in [0, 0.05) is 6.04 Å². The number of hydrogen-bond donors (Lipinski definition) is 0. The molecule has 0 aliphatic carbocycles. The van der Waals surface area contributed by atoms with Crippen molar-refractivity contribution in [2.24, 2.45) is 5.41 Å². The van der Waals surface area contributed by atoms with E-state index in [1.54, 1.807) is 6.20 Å². The van der Waals surface area contributed by atoms with Crippen LogP contribution in [0.2, 0.25) is 0 Å². The fourth-order valence-electron chi connectivity index (χ4n) is 1.44. The van der Waals surface area contributed by atoms with E-state index in [4.69, 9.17) is 10.00 Å². The van der Waals surface area contributed by atoms with Gasteiger partial charge in [0.25, 0.3) is 0 Å². The van der Waals surface area contributed by atoms with Gasteiger partial charge in [-0.05, 0) is 40.5 Å². The zero-order chi connectivity index (χ0) is 12.9. The standard InChI is InChI=1S/C13H21N3O/c1-11(2)16-9-12(8-15-16)17-7-5-6-13(3,4)10-14/h8-9,11H,5-7H2,1-4H3. The van der Waals surface area contributed by atoms with Crippen LogP contribution < -0.4 is 4.74 Å². The molecule has 0 amide bonds. The maximum absolute atomic E-state index is 8.87. The summed E-state index contributed by atoms with van der Waals surface area (Å²) in [6.07, 6.45) is 5.37. The Morgan fingerprint density at radius 2 is 2.24 bits per heavy atom. The van der Waals surface area contributed by atoms with Crippen molar-refractivity contribution in [2.45, 2.75) is 46.6 Å². The molecule has 1 aromatic rings. The smallest absolute Gasteiger partial charge is 0.157 e. The number of ether oxygens (including phenoxy) is 1. The Labute approximate surface area is 103 Å². The molecular weight excluding hydrogens is 214 g/mol. The fourth-order valence-corrected chi connectivity index (χ4v) is 1.44. The summed E-state index contributed by atoms with van der Waals surface area (Å²) in [5.41, 5.74) is -0.258. The highest BCUT2D eigenvalue weighted by Gasteiger charge is 2.15. The molecule has 0 aromatic carbocycles. The van der Waals surface area contributed by atoms with Crippen molar-refractivity contribution in [3.8, 4) is 11.8 Å². The summed E-state index contributed by atoms with van der Waals surface area (Å²) in [7, 11) is 0. The molecule has 0 aliphatic heterocycles. The third-order valence-corrected chi connectivity index (χ3v) is 2.62. The highest BCUT2D eigenvalue weighted by molar-refractivity contribution is 5.11. The second-order valence-corrected chi connectivity index (χ2v) is 5.20. The van der Waals surface area contributed by atoms with Crippen molar-refractivity contribution in [3.63, 3.8) is 0 Å². The quantitative estimate of drug-likeness (QED) is 0.711. The minimum absolute atomic E-state index is 0.258. The molecule has 17 heavy (non-hydrogen) atoms.